The molecule has 0 amide bonds. The van der Waals surface area contributed by atoms with Gasteiger partial charge in [-0.1, -0.05) is 18.2 Å². The van der Waals surface area contributed by atoms with Crippen LogP contribution in [0.25, 0.3) is 10.9 Å². The number of fused-ring (bicyclic) bond motifs is 1. The Labute approximate surface area is 185 Å². The van der Waals surface area contributed by atoms with Gasteiger partial charge in [0.2, 0.25) is 0 Å². The summed E-state index contributed by atoms with van der Waals surface area (Å²) in [5, 5.41) is 10.6. The number of carbonyl (C=O) groups excluding carboxylic acids is 1. The lowest BCUT2D eigenvalue weighted by Gasteiger charge is -2.13. The van der Waals surface area contributed by atoms with E-state index in [1.165, 1.54) is 0 Å². The first-order valence-electron chi connectivity index (χ1n) is 7.35. The van der Waals surface area contributed by atoms with Gasteiger partial charge in [0.25, 0.3) is 0 Å². The van der Waals surface area contributed by atoms with Crippen molar-refractivity contribution in [1.29, 1.82) is 0 Å². The summed E-state index contributed by atoms with van der Waals surface area (Å²) in [6, 6.07) is 11.4. The smallest absolute Gasteiger partial charge is 0.311 e. The molecule has 1 heterocycles. The molecule has 0 bridgehead atoms. The van der Waals surface area contributed by atoms with Gasteiger partial charge in [-0.05, 0) is 91.5 Å². The van der Waals surface area contributed by atoms with Gasteiger partial charge in [0, 0.05) is 39.8 Å². The zero-order valence-corrected chi connectivity index (χ0v) is 19.2. The van der Waals surface area contributed by atoms with Crippen LogP contribution in [0.2, 0.25) is 0 Å². The molecule has 1 unspecified atom stereocenters. The molecule has 128 valence electrons. The van der Waals surface area contributed by atoms with E-state index in [9.17, 15) is 14.7 Å². The fraction of sp³-hybridized carbons (Fsp3) is 0.111. The molecule has 0 spiro atoms. The van der Waals surface area contributed by atoms with Crippen LogP contribution in [0.4, 0.5) is 0 Å². The Morgan fingerprint density at radius 3 is 2.36 bits per heavy atom. The van der Waals surface area contributed by atoms with Crippen LogP contribution in [0.1, 0.15) is 28.3 Å². The molecular formula is C18H12I3NO3. The zero-order chi connectivity index (χ0) is 18.1. The molecule has 25 heavy (non-hydrogen) atoms. The Morgan fingerprint density at radius 1 is 1.08 bits per heavy atom. The lowest BCUT2D eigenvalue weighted by atomic mass is 9.91. The van der Waals surface area contributed by atoms with Crippen molar-refractivity contribution in [3.63, 3.8) is 0 Å². The van der Waals surface area contributed by atoms with Crippen LogP contribution in [-0.4, -0.2) is 21.8 Å². The van der Waals surface area contributed by atoms with Crippen molar-refractivity contribution >= 4 is 90.4 Å². The number of aromatic amines is 1. The molecule has 1 atom stereocenters. The molecule has 0 aliphatic carbocycles. The van der Waals surface area contributed by atoms with Gasteiger partial charge in [-0.15, -0.1) is 0 Å². The van der Waals surface area contributed by atoms with Crippen molar-refractivity contribution in [2.75, 3.05) is 0 Å². The molecule has 4 nitrogen and oxygen atoms in total. The van der Waals surface area contributed by atoms with E-state index in [2.05, 4.69) is 72.8 Å². The van der Waals surface area contributed by atoms with Crippen LogP contribution in [0.15, 0.2) is 42.6 Å². The summed E-state index contributed by atoms with van der Waals surface area (Å²) in [5.41, 5.74) is 2.12. The third kappa shape index (κ3) is 4.02. The normalized spacial score (nSPS) is 12.3. The lowest BCUT2D eigenvalue weighted by molar-refractivity contribution is -0.138. The number of halogens is 3. The lowest BCUT2D eigenvalue weighted by Crippen LogP contribution is -2.17. The monoisotopic (exact) mass is 671 g/mol. The van der Waals surface area contributed by atoms with Crippen LogP contribution in [0.5, 0.6) is 0 Å². The maximum atomic E-state index is 12.9. The van der Waals surface area contributed by atoms with Crippen molar-refractivity contribution in [3.8, 4) is 0 Å². The Morgan fingerprint density at radius 2 is 1.72 bits per heavy atom. The largest absolute Gasteiger partial charge is 0.481 e. The molecule has 0 fully saturated rings. The predicted octanol–water partition coefficient (Wildman–Crippen LogP) is 5.42. The van der Waals surface area contributed by atoms with E-state index in [1.807, 2.05) is 36.4 Å². The minimum Gasteiger partial charge on any atom is -0.481 e. The van der Waals surface area contributed by atoms with E-state index in [-0.39, 0.29) is 12.2 Å². The average Bonchev–Trinajstić information content (AvgIpc) is 2.95. The number of carboxylic acids is 1. The third-order valence-electron chi connectivity index (χ3n) is 3.97. The number of para-hydroxylation sites is 1. The van der Waals surface area contributed by atoms with E-state index < -0.39 is 11.9 Å². The highest BCUT2D eigenvalue weighted by Crippen LogP contribution is 2.31. The van der Waals surface area contributed by atoms with E-state index in [0.717, 1.165) is 21.6 Å². The highest BCUT2D eigenvalue weighted by molar-refractivity contribution is 14.1. The molecule has 2 aromatic carbocycles. The quantitative estimate of drug-likeness (QED) is 0.282. The number of aliphatic carboxylic acids is 1. The van der Waals surface area contributed by atoms with Crippen molar-refractivity contribution in [2.45, 2.75) is 12.3 Å². The topological polar surface area (TPSA) is 70.2 Å². The second kappa shape index (κ2) is 7.91. The number of rotatable bonds is 5. The summed E-state index contributed by atoms with van der Waals surface area (Å²) in [5.74, 6) is -2.02. The summed E-state index contributed by atoms with van der Waals surface area (Å²) in [6.45, 7) is 0. The fourth-order valence-corrected chi connectivity index (χ4v) is 6.99. The number of aromatic nitrogens is 1. The highest BCUT2D eigenvalue weighted by atomic mass is 127. The molecule has 3 rings (SSSR count). The molecule has 7 heteroatoms. The number of Topliss-reactive ketones (excluding diaryl/α,β-unsaturated/α-hetero) is 1. The van der Waals surface area contributed by atoms with Crippen LogP contribution in [0.3, 0.4) is 0 Å². The van der Waals surface area contributed by atoms with Gasteiger partial charge in [0.1, 0.15) is 0 Å². The average molecular weight is 671 g/mol. The van der Waals surface area contributed by atoms with Gasteiger partial charge in [-0.25, -0.2) is 0 Å². The summed E-state index contributed by atoms with van der Waals surface area (Å²) < 4.78 is 2.75. The van der Waals surface area contributed by atoms with Crippen molar-refractivity contribution in [3.05, 3.63) is 64.4 Å². The summed E-state index contributed by atoms with van der Waals surface area (Å²) in [7, 11) is 0. The molecule has 3 aromatic rings. The van der Waals surface area contributed by atoms with Crippen LogP contribution in [-0.2, 0) is 4.79 Å². The SMILES string of the molecule is O=C(CC(C(=O)O)c1c[nH]c2ccccc12)c1c(I)cc(I)cc1I. The number of ketones is 1. The number of benzene rings is 2. The second-order valence-electron chi connectivity index (χ2n) is 5.55. The van der Waals surface area contributed by atoms with Gasteiger partial charge >= 0.3 is 5.97 Å². The van der Waals surface area contributed by atoms with Crippen molar-refractivity contribution in [2.24, 2.45) is 0 Å². The molecule has 0 aliphatic heterocycles. The highest BCUT2D eigenvalue weighted by Gasteiger charge is 2.28. The molecule has 1 aromatic heterocycles. The van der Waals surface area contributed by atoms with E-state index in [4.69, 9.17) is 0 Å². The van der Waals surface area contributed by atoms with Crippen LogP contribution < -0.4 is 0 Å². The Kier molecular flexibility index (Phi) is 6.03. The van der Waals surface area contributed by atoms with Gasteiger partial charge in [-0.3, -0.25) is 9.59 Å². The van der Waals surface area contributed by atoms with Crippen LogP contribution in [0, 0.1) is 10.7 Å². The maximum absolute atomic E-state index is 12.9. The minimum absolute atomic E-state index is 0.0657. The zero-order valence-electron chi connectivity index (χ0n) is 12.7. The molecule has 0 radical (unpaired) electrons. The number of hydrogen-bond acceptors (Lipinski definition) is 2. The van der Waals surface area contributed by atoms with Crippen LogP contribution >= 0.6 is 67.8 Å². The Bertz CT molecular complexity index is 958. The Hall–Kier alpha value is -0.690. The molecular weight excluding hydrogens is 659 g/mol. The van der Waals surface area contributed by atoms with Crippen molar-refractivity contribution < 1.29 is 14.7 Å². The molecule has 0 saturated carbocycles. The number of H-pyrrole nitrogens is 1. The number of carbonyl (C=O) groups is 2. The van der Waals surface area contributed by atoms with Gasteiger partial charge < -0.3 is 10.1 Å². The Balaban J connectivity index is 1.98. The van der Waals surface area contributed by atoms with Gasteiger partial charge in [0.05, 0.1) is 5.92 Å². The molecule has 0 saturated heterocycles. The van der Waals surface area contributed by atoms with E-state index in [1.54, 1.807) is 6.20 Å². The summed E-state index contributed by atoms with van der Waals surface area (Å²) in [4.78, 5) is 27.8. The summed E-state index contributed by atoms with van der Waals surface area (Å²) >= 11 is 6.48. The first-order chi connectivity index (χ1) is 11.9. The number of nitrogens with one attached hydrogen (secondary N) is 1. The van der Waals surface area contributed by atoms with Gasteiger partial charge in [0.15, 0.2) is 5.78 Å². The molecule has 0 aliphatic rings. The van der Waals surface area contributed by atoms with Crippen molar-refractivity contribution in [1.82, 2.24) is 4.98 Å². The number of carboxylic acid groups (broad SMARTS) is 1. The predicted molar refractivity (Wildman–Crippen MR) is 122 cm³/mol. The number of hydrogen-bond donors (Lipinski definition) is 2. The van der Waals surface area contributed by atoms with Gasteiger partial charge in [-0.2, -0.15) is 0 Å². The first-order valence-corrected chi connectivity index (χ1v) is 10.6. The van der Waals surface area contributed by atoms with E-state index in [0.29, 0.717) is 11.1 Å². The second-order valence-corrected chi connectivity index (χ2v) is 9.12. The van der Waals surface area contributed by atoms with E-state index >= 15 is 0 Å². The standard InChI is InChI=1S/C18H12I3NO3/c19-9-5-13(20)17(14(21)6-9)16(23)7-11(18(24)25)12-8-22-15-4-2-1-3-10(12)15/h1-6,8,11,22H,7H2,(H,24,25). The fourth-order valence-electron chi connectivity index (χ4n) is 2.81. The summed E-state index contributed by atoms with van der Waals surface area (Å²) in [6.07, 6.45) is 1.63. The maximum Gasteiger partial charge on any atom is 0.311 e. The third-order valence-corrected chi connectivity index (χ3v) is 6.29. The molecule has 2 N–H and O–H groups in total. The first kappa shape index (κ1) is 19.1. The minimum atomic E-state index is -0.992.